The number of anilines is 1. The van der Waals surface area contributed by atoms with E-state index in [4.69, 9.17) is 0 Å². The molecule has 6 nitrogen and oxygen atoms in total. The predicted molar refractivity (Wildman–Crippen MR) is 94.3 cm³/mol. The minimum Gasteiger partial charge on any atom is -0.325 e. The molecule has 0 radical (unpaired) electrons. The van der Waals surface area contributed by atoms with Crippen LogP contribution < -0.4 is 10.9 Å². The first-order valence-electron chi connectivity index (χ1n) is 7.76. The Labute approximate surface area is 139 Å². The highest BCUT2D eigenvalue weighted by atomic mass is 16.2. The third kappa shape index (κ3) is 2.82. The molecule has 0 saturated heterocycles. The number of amides is 1. The minimum atomic E-state index is -0.237. The van der Waals surface area contributed by atoms with Crippen molar-refractivity contribution in [2.45, 2.75) is 27.3 Å². The fourth-order valence-corrected chi connectivity index (χ4v) is 2.79. The van der Waals surface area contributed by atoms with Crippen molar-refractivity contribution in [1.82, 2.24) is 14.3 Å². The van der Waals surface area contributed by atoms with Crippen LogP contribution in [0.5, 0.6) is 0 Å². The highest BCUT2D eigenvalue weighted by molar-refractivity contribution is 5.91. The maximum absolute atomic E-state index is 12.6. The van der Waals surface area contributed by atoms with E-state index in [-0.39, 0.29) is 18.0 Å². The zero-order chi connectivity index (χ0) is 17.4. The Morgan fingerprint density at radius 3 is 2.62 bits per heavy atom. The van der Waals surface area contributed by atoms with Crippen LogP contribution in [-0.2, 0) is 18.4 Å². The molecule has 0 saturated carbocycles. The summed E-state index contributed by atoms with van der Waals surface area (Å²) in [5, 5.41) is 7.91. The van der Waals surface area contributed by atoms with E-state index in [1.54, 1.807) is 17.9 Å². The molecule has 0 aliphatic rings. The van der Waals surface area contributed by atoms with Gasteiger partial charge in [-0.15, -0.1) is 0 Å². The van der Waals surface area contributed by atoms with Crippen LogP contribution in [-0.4, -0.2) is 20.3 Å². The number of hydrogen-bond donors (Lipinski definition) is 1. The molecule has 24 heavy (non-hydrogen) atoms. The summed E-state index contributed by atoms with van der Waals surface area (Å²) in [6.07, 6.45) is 1.64. The average Bonchev–Trinajstić information content (AvgIpc) is 2.81. The van der Waals surface area contributed by atoms with Gasteiger partial charge in [0.1, 0.15) is 12.1 Å². The third-order valence-electron chi connectivity index (χ3n) is 4.26. The molecule has 0 atom stereocenters. The van der Waals surface area contributed by atoms with Crippen LogP contribution in [0, 0.1) is 20.8 Å². The normalized spacial score (nSPS) is 11.0. The second-order valence-electron chi connectivity index (χ2n) is 6.07. The molecule has 3 rings (SSSR count). The Bertz CT molecular complexity index is 998. The summed E-state index contributed by atoms with van der Waals surface area (Å²) in [4.78, 5) is 24.8. The van der Waals surface area contributed by atoms with Gasteiger partial charge in [-0.3, -0.25) is 14.3 Å². The number of benzene rings is 1. The lowest BCUT2D eigenvalue weighted by atomic mass is 10.1. The molecule has 0 aliphatic heterocycles. The molecular weight excluding hydrogens is 304 g/mol. The van der Waals surface area contributed by atoms with Crippen LogP contribution >= 0.6 is 0 Å². The van der Waals surface area contributed by atoms with Crippen LogP contribution in [0.2, 0.25) is 0 Å². The molecule has 0 spiro atoms. The number of nitrogens with zero attached hydrogens (tertiary/aromatic N) is 3. The molecule has 1 aromatic carbocycles. The maximum Gasteiger partial charge on any atom is 0.277 e. The summed E-state index contributed by atoms with van der Waals surface area (Å²) in [7, 11) is 1.73. The molecule has 2 aromatic heterocycles. The third-order valence-corrected chi connectivity index (χ3v) is 4.26. The van der Waals surface area contributed by atoms with Crippen molar-refractivity contribution in [3.63, 3.8) is 0 Å². The van der Waals surface area contributed by atoms with Gasteiger partial charge in [0.2, 0.25) is 5.91 Å². The first kappa shape index (κ1) is 16.0. The molecule has 6 heteroatoms. The number of pyridine rings is 1. The summed E-state index contributed by atoms with van der Waals surface area (Å²) >= 11 is 0. The fraction of sp³-hybridized carbons (Fsp3) is 0.278. The van der Waals surface area contributed by atoms with Gasteiger partial charge in [0.25, 0.3) is 5.56 Å². The van der Waals surface area contributed by atoms with Crippen LogP contribution in [0.25, 0.3) is 10.9 Å². The number of carbonyl (C=O) groups is 1. The van der Waals surface area contributed by atoms with Crippen molar-refractivity contribution < 1.29 is 4.79 Å². The van der Waals surface area contributed by atoms with E-state index >= 15 is 0 Å². The van der Waals surface area contributed by atoms with Gasteiger partial charge in [-0.25, -0.2) is 0 Å². The molecule has 1 N–H and O–H groups in total. The number of rotatable bonds is 3. The van der Waals surface area contributed by atoms with E-state index in [0.29, 0.717) is 5.52 Å². The van der Waals surface area contributed by atoms with Crippen molar-refractivity contribution in [2.75, 3.05) is 5.32 Å². The highest BCUT2D eigenvalue weighted by Crippen LogP contribution is 2.15. The number of aryl methyl sites for hydroxylation is 4. The molecule has 0 fully saturated rings. The average molecular weight is 324 g/mol. The summed E-state index contributed by atoms with van der Waals surface area (Å²) in [6, 6.07) is 7.56. The lowest BCUT2D eigenvalue weighted by molar-refractivity contribution is -0.116. The monoisotopic (exact) mass is 324 g/mol. The summed E-state index contributed by atoms with van der Waals surface area (Å²) in [5.41, 5.74) is 4.10. The molecule has 0 unspecified atom stereocenters. The molecule has 3 aromatic rings. The van der Waals surface area contributed by atoms with Crippen molar-refractivity contribution >= 4 is 22.5 Å². The van der Waals surface area contributed by atoms with E-state index in [9.17, 15) is 9.59 Å². The lowest BCUT2D eigenvalue weighted by Crippen LogP contribution is -2.28. The van der Waals surface area contributed by atoms with Gasteiger partial charge in [-0.1, -0.05) is 6.07 Å². The van der Waals surface area contributed by atoms with Gasteiger partial charge < -0.3 is 9.88 Å². The first-order chi connectivity index (χ1) is 11.4. The first-order valence-corrected chi connectivity index (χ1v) is 7.76. The zero-order valence-corrected chi connectivity index (χ0v) is 14.3. The molecule has 0 bridgehead atoms. The van der Waals surface area contributed by atoms with Gasteiger partial charge in [0, 0.05) is 24.3 Å². The SMILES string of the molecule is Cc1ccc(NC(=O)Cn2ccc3c(C)nn(C)c3c2=O)cc1C. The second-order valence-corrected chi connectivity index (χ2v) is 6.07. The second kappa shape index (κ2) is 5.96. The summed E-state index contributed by atoms with van der Waals surface area (Å²) in [5.74, 6) is -0.237. The maximum atomic E-state index is 12.6. The molecule has 0 aliphatic carbocycles. The molecular formula is C18H20N4O2. The Balaban J connectivity index is 1.85. The Hall–Kier alpha value is -2.89. The number of fused-ring (bicyclic) bond motifs is 1. The van der Waals surface area contributed by atoms with Crippen LogP contribution in [0.1, 0.15) is 16.8 Å². The van der Waals surface area contributed by atoms with Crippen LogP contribution in [0.15, 0.2) is 35.3 Å². The van der Waals surface area contributed by atoms with E-state index < -0.39 is 0 Å². The van der Waals surface area contributed by atoms with Crippen molar-refractivity contribution in [1.29, 1.82) is 0 Å². The lowest BCUT2D eigenvalue weighted by Gasteiger charge is -2.09. The van der Waals surface area contributed by atoms with E-state index in [2.05, 4.69) is 10.4 Å². The zero-order valence-electron chi connectivity index (χ0n) is 14.3. The number of nitrogens with one attached hydrogen (secondary N) is 1. The quantitative estimate of drug-likeness (QED) is 0.804. The van der Waals surface area contributed by atoms with Crippen molar-refractivity contribution in [3.8, 4) is 0 Å². The van der Waals surface area contributed by atoms with Crippen LogP contribution in [0.3, 0.4) is 0 Å². The number of aromatic nitrogens is 3. The Kier molecular flexibility index (Phi) is 3.97. The Morgan fingerprint density at radius 2 is 1.92 bits per heavy atom. The largest absolute Gasteiger partial charge is 0.325 e. The fourth-order valence-electron chi connectivity index (χ4n) is 2.79. The van der Waals surface area contributed by atoms with E-state index in [1.165, 1.54) is 10.1 Å². The van der Waals surface area contributed by atoms with Crippen molar-refractivity contribution in [3.05, 3.63) is 57.6 Å². The minimum absolute atomic E-state index is 0.0358. The molecule has 124 valence electrons. The van der Waals surface area contributed by atoms with Crippen molar-refractivity contribution in [2.24, 2.45) is 7.05 Å². The number of carbonyl (C=O) groups excluding carboxylic acids is 1. The van der Waals surface area contributed by atoms with E-state index in [0.717, 1.165) is 22.3 Å². The van der Waals surface area contributed by atoms with E-state index in [1.807, 2.05) is 45.0 Å². The summed E-state index contributed by atoms with van der Waals surface area (Å²) < 4.78 is 2.96. The smallest absolute Gasteiger partial charge is 0.277 e. The van der Waals surface area contributed by atoms with Gasteiger partial charge in [-0.2, -0.15) is 5.10 Å². The highest BCUT2D eigenvalue weighted by Gasteiger charge is 2.12. The Morgan fingerprint density at radius 1 is 1.17 bits per heavy atom. The predicted octanol–water partition coefficient (Wildman–Crippen LogP) is 2.30. The van der Waals surface area contributed by atoms with Gasteiger partial charge in [0.15, 0.2) is 0 Å². The molecule has 2 heterocycles. The van der Waals surface area contributed by atoms with Gasteiger partial charge in [-0.05, 0) is 50.1 Å². The molecule has 1 amide bonds. The summed E-state index contributed by atoms with van der Waals surface area (Å²) in [6.45, 7) is 5.84. The standard InChI is InChI=1S/C18H20N4O2/c1-11-5-6-14(9-12(11)2)19-16(23)10-22-8-7-15-13(3)20-21(4)17(15)18(22)24/h5-9H,10H2,1-4H3,(H,19,23). The van der Waals surface area contributed by atoms with Gasteiger partial charge >= 0.3 is 0 Å². The topological polar surface area (TPSA) is 68.9 Å². The van der Waals surface area contributed by atoms with Gasteiger partial charge in [0.05, 0.1) is 5.69 Å². The number of hydrogen-bond acceptors (Lipinski definition) is 3. The van der Waals surface area contributed by atoms with Crippen LogP contribution in [0.4, 0.5) is 5.69 Å².